The van der Waals surface area contributed by atoms with Crippen molar-refractivity contribution in [2.45, 2.75) is 58.5 Å². The van der Waals surface area contributed by atoms with E-state index >= 15 is 0 Å². The minimum atomic E-state index is 0.306. The standard InChI is InChI=1S/C18H27N5O/c1-5-8-23-12-16(14(4)20-23)11-22-9-6-7-15(10-22)18-19-17(13(2)3)21-24-18/h5,12-13,15H,1,6-11H2,2-4H3/t15-/m0/s1. The number of likely N-dealkylation sites (tertiary alicyclic amines) is 1. The second-order valence-corrected chi connectivity index (χ2v) is 6.97. The van der Waals surface area contributed by atoms with Crippen LogP contribution in [0.15, 0.2) is 23.4 Å². The Morgan fingerprint density at radius 3 is 3.00 bits per heavy atom. The Hall–Kier alpha value is -1.95. The van der Waals surface area contributed by atoms with E-state index in [1.807, 2.05) is 10.8 Å². The van der Waals surface area contributed by atoms with Crippen LogP contribution in [0.25, 0.3) is 0 Å². The van der Waals surface area contributed by atoms with Crippen LogP contribution in [0.2, 0.25) is 0 Å². The van der Waals surface area contributed by atoms with Crippen molar-refractivity contribution >= 4 is 0 Å². The van der Waals surface area contributed by atoms with Crippen LogP contribution in [0.5, 0.6) is 0 Å². The van der Waals surface area contributed by atoms with Gasteiger partial charge in [0.2, 0.25) is 5.89 Å². The maximum absolute atomic E-state index is 5.51. The van der Waals surface area contributed by atoms with E-state index in [9.17, 15) is 0 Å². The summed E-state index contributed by atoms with van der Waals surface area (Å²) >= 11 is 0. The highest BCUT2D eigenvalue weighted by molar-refractivity contribution is 5.16. The predicted octanol–water partition coefficient (Wildman–Crippen LogP) is 3.26. The van der Waals surface area contributed by atoms with Crippen molar-refractivity contribution in [3.8, 4) is 0 Å². The molecule has 1 saturated heterocycles. The van der Waals surface area contributed by atoms with Gasteiger partial charge < -0.3 is 4.52 Å². The Morgan fingerprint density at radius 1 is 1.46 bits per heavy atom. The summed E-state index contributed by atoms with van der Waals surface area (Å²) in [6.45, 7) is 13.8. The number of hydrogen-bond donors (Lipinski definition) is 0. The van der Waals surface area contributed by atoms with E-state index in [2.05, 4.69) is 53.7 Å². The van der Waals surface area contributed by atoms with E-state index in [1.165, 1.54) is 5.56 Å². The van der Waals surface area contributed by atoms with Crippen LogP contribution in [0, 0.1) is 6.92 Å². The number of nitrogens with zero attached hydrogens (tertiary/aromatic N) is 5. The van der Waals surface area contributed by atoms with Gasteiger partial charge in [0, 0.05) is 30.8 Å². The van der Waals surface area contributed by atoms with Gasteiger partial charge in [-0.2, -0.15) is 10.1 Å². The van der Waals surface area contributed by atoms with E-state index in [1.54, 1.807) is 0 Å². The van der Waals surface area contributed by atoms with Gasteiger partial charge in [0.25, 0.3) is 0 Å². The van der Waals surface area contributed by atoms with Crippen molar-refractivity contribution in [1.29, 1.82) is 0 Å². The zero-order chi connectivity index (χ0) is 17.1. The Bertz CT molecular complexity index is 687. The first-order chi connectivity index (χ1) is 11.6. The highest BCUT2D eigenvalue weighted by Gasteiger charge is 2.27. The molecule has 0 unspecified atom stereocenters. The summed E-state index contributed by atoms with van der Waals surface area (Å²) in [6, 6.07) is 0. The summed E-state index contributed by atoms with van der Waals surface area (Å²) in [5.74, 6) is 2.24. The lowest BCUT2D eigenvalue weighted by Gasteiger charge is -2.30. The van der Waals surface area contributed by atoms with Crippen LogP contribution < -0.4 is 0 Å². The van der Waals surface area contributed by atoms with Crippen molar-refractivity contribution < 1.29 is 4.52 Å². The molecule has 0 bridgehead atoms. The summed E-state index contributed by atoms with van der Waals surface area (Å²) in [6.07, 6.45) is 6.27. The van der Waals surface area contributed by atoms with Gasteiger partial charge >= 0.3 is 0 Å². The third kappa shape index (κ3) is 3.75. The van der Waals surface area contributed by atoms with E-state index in [0.29, 0.717) is 11.8 Å². The molecule has 3 heterocycles. The van der Waals surface area contributed by atoms with Crippen LogP contribution in [-0.4, -0.2) is 37.9 Å². The van der Waals surface area contributed by atoms with Crippen LogP contribution in [-0.2, 0) is 13.1 Å². The molecule has 0 aliphatic carbocycles. The molecule has 1 atom stereocenters. The maximum atomic E-state index is 5.51. The van der Waals surface area contributed by atoms with E-state index in [0.717, 1.165) is 56.4 Å². The van der Waals surface area contributed by atoms with Gasteiger partial charge in [-0.05, 0) is 26.3 Å². The first kappa shape index (κ1) is 16.9. The normalized spacial score (nSPS) is 19.1. The number of allylic oxidation sites excluding steroid dienone is 1. The SMILES string of the molecule is C=CCn1cc(CN2CCC[C@H](c3nc(C(C)C)no3)C2)c(C)n1. The summed E-state index contributed by atoms with van der Waals surface area (Å²) < 4.78 is 7.46. The van der Waals surface area contributed by atoms with Gasteiger partial charge in [0.05, 0.1) is 18.2 Å². The van der Waals surface area contributed by atoms with Crippen LogP contribution in [0.3, 0.4) is 0 Å². The zero-order valence-corrected chi connectivity index (χ0v) is 14.9. The molecule has 24 heavy (non-hydrogen) atoms. The maximum Gasteiger partial charge on any atom is 0.231 e. The Balaban J connectivity index is 1.65. The second-order valence-electron chi connectivity index (χ2n) is 6.97. The molecule has 0 spiro atoms. The molecule has 0 saturated carbocycles. The lowest BCUT2D eigenvalue weighted by atomic mass is 9.97. The largest absolute Gasteiger partial charge is 0.339 e. The van der Waals surface area contributed by atoms with Crippen molar-refractivity contribution in [3.05, 3.63) is 41.8 Å². The zero-order valence-electron chi connectivity index (χ0n) is 14.9. The van der Waals surface area contributed by atoms with E-state index in [-0.39, 0.29) is 0 Å². The quantitative estimate of drug-likeness (QED) is 0.761. The Kier molecular flexibility index (Phi) is 5.14. The molecule has 1 fully saturated rings. The topological polar surface area (TPSA) is 60.0 Å². The van der Waals surface area contributed by atoms with Crippen molar-refractivity contribution in [2.75, 3.05) is 13.1 Å². The number of rotatable bonds is 6. The molecule has 1 aliphatic heterocycles. The lowest BCUT2D eigenvalue weighted by Crippen LogP contribution is -2.34. The minimum absolute atomic E-state index is 0.306. The molecule has 0 radical (unpaired) electrons. The molecule has 3 rings (SSSR count). The average molecular weight is 329 g/mol. The number of aromatic nitrogens is 4. The van der Waals surface area contributed by atoms with Crippen LogP contribution in [0.1, 0.15) is 61.5 Å². The molecular formula is C18H27N5O. The first-order valence-corrected chi connectivity index (χ1v) is 8.76. The molecule has 2 aromatic rings. The fourth-order valence-electron chi connectivity index (χ4n) is 3.23. The van der Waals surface area contributed by atoms with Crippen LogP contribution in [0.4, 0.5) is 0 Å². The molecule has 0 amide bonds. The highest BCUT2D eigenvalue weighted by atomic mass is 16.5. The average Bonchev–Trinajstić information content (AvgIpc) is 3.16. The van der Waals surface area contributed by atoms with Crippen molar-refractivity contribution in [2.24, 2.45) is 0 Å². The molecule has 6 nitrogen and oxygen atoms in total. The molecule has 130 valence electrons. The molecule has 0 N–H and O–H groups in total. The van der Waals surface area contributed by atoms with Gasteiger partial charge in [-0.15, -0.1) is 6.58 Å². The van der Waals surface area contributed by atoms with E-state index < -0.39 is 0 Å². The van der Waals surface area contributed by atoms with Gasteiger partial charge in [0.1, 0.15) is 0 Å². The van der Waals surface area contributed by atoms with Crippen molar-refractivity contribution in [1.82, 2.24) is 24.8 Å². The third-order valence-corrected chi connectivity index (χ3v) is 4.59. The molecule has 6 heteroatoms. The third-order valence-electron chi connectivity index (χ3n) is 4.59. The van der Waals surface area contributed by atoms with Gasteiger partial charge in [0.15, 0.2) is 5.82 Å². The lowest BCUT2D eigenvalue weighted by molar-refractivity contribution is 0.180. The second kappa shape index (κ2) is 7.30. The summed E-state index contributed by atoms with van der Waals surface area (Å²) in [5.41, 5.74) is 2.38. The minimum Gasteiger partial charge on any atom is -0.339 e. The Labute approximate surface area is 143 Å². The number of piperidine rings is 1. The predicted molar refractivity (Wildman–Crippen MR) is 92.8 cm³/mol. The van der Waals surface area contributed by atoms with Crippen LogP contribution >= 0.6 is 0 Å². The molecule has 2 aromatic heterocycles. The van der Waals surface area contributed by atoms with E-state index in [4.69, 9.17) is 4.52 Å². The fourth-order valence-corrected chi connectivity index (χ4v) is 3.23. The number of hydrogen-bond acceptors (Lipinski definition) is 5. The van der Waals surface area contributed by atoms with Gasteiger partial charge in [-0.3, -0.25) is 9.58 Å². The number of aryl methyl sites for hydroxylation is 1. The smallest absolute Gasteiger partial charge is 0.231 e. The Morgan fingerprint density at radius 2 is 2.29 bits per heavy atom. The molecular weight excluding hydrogens is 302 g/mol. The van der Waals surface area contributed by atoms with Crippen molar-refractivity contribution in [3.63, 3.8) is 0 Å². The highest BCUT2D eigenvalue weighted by Crippen LogP contribution is 2.27. The summed E-state index contributed by atoms with van der Waals surface area (Å²) in [7, 11) is 0. The molecule has 0 aromatic carbocycles. The monoisotopic (exact) mass is 329 g/mol. The summed E-state index contributed by atoms with van der Waals surface area (Å²) in [5, 5.41) is 8.65. The van der Waals surface area contributed by atoms with Gasteiger partial charge in [-0.25, -0.2) is 0 Å². The first-order valence-electron chi connectivity index (χ1n) is 8.76. The van der Waals surface area contributed by atoms with Gasteiger partial charge in [-0.1, -0.05) is 25.1 Å². The fraction of sp³-hybridized carbons (Fsp3) is 0.611. The summed E-state index contributed by atoms with van der Waals surface area (Å²) in [4.78, 5) is 7.06. The molecule has 1 aliphatic rings.